The van der Waals surface area contributed by atoms with Crippen LogP contribution in [0.5, 0.6) is 0 Å². The van der Waals surface area contributed by atoms with Crippen LogP contribution in [0.4, 0.5) is 16.2 Å². The summed E-state index contributed by atoms with van der Waals surface area (Å²) < 4.78 is 0. The number of anilines is 2. The number of imide groups is 1. The molecule has 112 valence electrons. The summed E-state index contributed by atoms with van der Waals surface area (Å²) in [6.45, 7) is -0.0127. The average Bonchev–Trinajstić information content (AvgIpc) is 3.31. The molecule has 0 saturated heterocycles. The zero-order valence-corrected chi connectivity index (χ0v) is 11.7. The normalized spacial score (nSPS) is 13.2. The van der Waals surface area contributed by atoms with Crippen molar-refractivity contribution in [2.24, 2.45) is 5.92 Å². The summed E-state index contributed by atoms with van der Waals surface area (Å²) in [6.07, 6.45) is 1.93. The second-order valence-electron chi connectivity index (χ2n) is 4.82. The smallest absolute Gasteiger partial charge is 0.321 e. The van der Waals surface area contributed by atoms with Gasteiger partial charge in [0.15, 0.2) is 0 Å². The Kier molecular flexibility index (Phi) is 4.76. The van der Waals surface area contributed by atoms with Crippen LogP contribution in [-0.2, 0) is 9.59 Å². The summed E-state index contributed by atoms with van der Waals surface area (Å²) in [7, 11) is 1.44. The summed E-state index contributed by atoms with van der Waals surface area (Å²) in [5.74, 6) is -0.211. The van der Waals surface area contributed by atoms with Crippen LogP contribution < -0.4 is 21.3 Å². The largest absolute Gasteiger partial charge is 0.376 e. The number of carbonyl (C=O) groups excluding carboxylic acids is 3. The Morgan fingerprint density at radius 2 is 1.71 bits per heavy atom. The van der Waals surface area contributed by atoms with Crippen molar-refractivity contribution in [3.63, 3.8) is 0 Å². The standard InChI is InChI=1S/C14H18N4O3/c1-15-14(21)18-12(19)8-16-10-4-6-11(7-5-10)17-13(20)9-2-3-9/h4-7,9,16H,2-3,8H2,1H3,(H,17,20)(H2,15,18,19,21). The fourth-order valence-electron chi connectivity index (χ4n) is 1.68. The van der Waals surface area contributed by atoms with Gasteiger partial charge in [-0.2, -0.15) is 0 Å². The first-order valence-corrected chi connectivity index (χ1v) is 6.75. The quantitative estimate of drug-likeness (QED) is 0.647. The highest BCUT2D eigenvalue weighted by atomic mass is 16.2. The molecule has 0 radical (unpaired) electrons. The number of hydrogen-bond acceptors (Lipinski definition) is 4. The molecular weight excluding hydrogens is 272 g/mol. The van der Waals surface area contributed by atoms with Gasteiger partial charge < -0.3 is 16.0 Å². The molecule has 0 bridgehead atoms. The van der Waals surface area contributed by atoms with Gasteiger partial charge in [0.25, 0.3) is 0 Å². The van der Waals surface area contributed by atoms with E-state index >= 15 is 0 Å². The molecule has 0 spiro atoms. The molecule has 4 amide bonds. The van der Waals surface area contributed by atoms with Crippen molar-refractivity contribution in [3.05, 3.63) is 24.3 Å². The van der Waals surface area contributed by atoms with Crippen LogP contribution in [0, 0.1) is 5.92 Å². The van der Waals surface area contributed by atoms with Gasteiger partial charge in [0.2, 0.25) is 11.8 Å². The summed E-state index contributed by atoms with van der Waals surface area (Å²) >= 11 is 0. The third kappa shape index (κ3) is 4.79. The molecule has 0 aliphatic heterocycles. The Labute approximate surface area is 122 Å². The molecule has 21 heavy (non-hydrogen) atoms. The van der Waals surface area contributed by atoms with Crippen molar-refractivity contribution in [3.8, 4) is 0 Å². The molecule has 1 fully saturated rings. The molecule has 0 atom stereocenters. The van der Waals surface area contributed by atoms with Gasteiger partial charge in [-0.3, -0.25) is 14.9 Å². The average molecular weight is 290 g/mol. The zero-order chi connectivity index (χ0) is 15.2. The lowest BCUT2D eigenvalue weighted by molar-refractivity contribution is -0.118. The maximum Gasteiger partial charge on any atom is 0.321 e. The van der Waals surface area contributed by atoms with Crippen LogP contribution in [-0.4, -0.2) is 31.4 Å². The van der Waals surface area contributed by atoms with E-state index in [1.54, 1.807) is 24.3 Å². The second kappa shape index (κ2) is 6.74. The molecule has 1 saturated carbocycles. The lowest BCUT2D eigenvalue weighted by Gasteiger charge is -2.08. The highest BCUT2D eigenvalue weighted by Crippen LogP contribution is 2.30. The zero-order valence-electron chi connectivity index (χ0n) is 11.7. The molecule has 0 heterocycles. The maximum atomic E-state index is 11.6. The Morgan fingerprint density at radius 3 is 2.29 bits per heavy atom. The molecule has 0 aromatic heterocycles. The van der Waals surface area contributed by atoms with Gasteiger partial charge in [0.1, 0.15) is 0 Å². The van der Waals surface area contributed by atoms with Crippen LogP contribution >= 0.6 is 0 Å². The second-order valence-corrected chi connectivity index (χ2v) is 4.82. The highest BCUT2D eigenvalue weighted by molar-refractivity contribution is 5.96. The molecule has 1 aliphatic rings. The minimum Gasteiger partial charge on any atom is -0.376 e. The van der Waals surface area contributed by atoms with Crippen molar-refractivity contribution >= 4 is 29.2 Å². The minimum absolute atomic E-state index is 0.0127. The van der Waals surface area contributed by atoms with Gasteiger partial charge in [0.05, 0.1) is 6.54 Å². The van der Waals surface area contributed by atoms with E-state index in [0.29, 0.717) is 0 Å². The Morgan fingerprint density at radius 1 is 1.10 bits per heavy atom. The highest BCUT2D eigenvalue weighted by Gasteiger charge is 2.29. The Hall–Kier alpha value is -2.57. The molecule has 1 aliphatic carbocycles. The van der Waals surface area contributed by atoms with E-state index < -0.39 is 11.9 Å². The van der Waals surface area contributed by atoms with E-state index in [1.165, 1.54) is 7.05 Å². The summed E-state index contributed by atoms with van der Waals surface area (Å²) in [5, 5.41) is 10.2. The van der Waals surface area contributed by atoms with Gasteiger partial charge in [-0.25, -0.2) is 4.79 Å². The minimum atomic E-state index is -0.542. The maximum absolute atomic E-state index is 11.6. The van der Waals surface area contributed by atoms with Crippen molar-refractivity contribution < 1.29 is 14.4 Å². The number of amides is 4. The SMILES string of the molecule is CNC(=O)NC(=O)CNc1ccc(NC(=O)C2CC2)cc1. The van der Waals surface area contributed by atoms with Crippen LogP contribution in [0.15, 0.2) is 24.3 Å². The summed E-state index contributed by atoms with van der Waals surface area (Å²) in [4.78, 5) is 33.9. The van der Waals surface area contributed by atoms with Crippen molar-refractivity contribution in [2.75, 3.05) is 24.2 Å². The van der Waals surface area contributed by atoms with E-state index in [1.807, 2.05) is 0 Å². The number of carbonyl (C=O) groups is 3. The summed E-state index contributed by atoms with van der Waals surface area (Å²) in [6, 6.07) is 6.50. The molecule has 2 rings (SSSR count). The van der Waals surface area contributed by atoms with Gasteiger partial charge >= 0.3 is 6.03 Å². The molecular formula is C14H18N4O3. The third-order valence-corrected chi connectivity index (χ3v) is 3.03. The van der Waals surface area contributed by atoms with Crippen LogP contribution in [0.2, 0.25) is 0 Å². The third-order valence-electron chi connectivity index (χ3n) is 3.03. The number of nitrogens with one attached hydrogen (secondary N) is 4. The van der Waals surface area contributed by atoms with Crippen LogP contribution in [0.25, 0.3) is 0 Å². The first-order valence-electron chi connectivity index (χ1n) is 6.75. The fraction of sp³-hybridized carbons (Fsp3) is 0.357. The van der Waals surface area contributed by atoms with Gasteiger partial charge in [-0.1, -0.05) is 0 Å². The molecule has 7 heteroatoms. The van der Waals surface area contributed by atoms with Crippen molar-refractivity contribution in [2.45, 2.75) is 12.8 Å². The molecule has 0 unspecified atom stereocenters. The molecule has 1 aromatic carbocycles. The predicted octanol–water partition coefficient (Wildman–Crippen LogP) is 0.903. The summed E-state index contributed by atoms with van der Waals surface area (Å²) in [5.41, 5.74) is 1.46. The Balaban J connectivity index is 1.77. The molecule has 1 aromatic rings. The number of benzene rings is 1. The first-order chi connectivity index (χ1) is 10.1. The van der Waals surface area contributed by atoms with Crippen molar-refractivity contribution in [1.29, 1.82) is 0 Å². The van der Waals surface area contributed by atoms with E-state index in [4.69, 9.17) is 0 Å². The number of urea groups is 1. The van der Waals surface area contributed by atoms with Gasteiger partial charge in [-0.05, 0) is 37.1 Å². The van der Waals surface area contributed by atoms with E-state index in [0.717, 1.165) is 24.2 Å². The van der Waals surface area contributed by atoms with E-state index in [-0.39, 0.29) is 18.4 Å². The monoisotopic (exact) mass is 290 g/mol. The molecule has 4 N–H and O–H groups in total. The Bertz CT molecular complexity index is 538. The van der Waals surface area contributed by atoms with Crippen LogP contribution in [0.3, 0.4) is 0 Å². The molecule has 7 nitrogen and oxygen atoms in total. The first kappa shape index (κ1) is 14.8. The van der Waals surface area contributed by atoms with Crippen LogP contribution in [0.1, 0.15) is 12.8 Å². The van der Waals surface area contributed by atoms with E-state index in [2.05, 4.69) is 21.3 Å². The predicted molar refractivity (Wildman–Crippen MR) is 78.9 cm³/mol. The van der Waals surface area contributed by atoms with Crippen molar-refractivity contribution in [1.82, 2.24) is 10.6 Å². The number of hydrogen-bond donors (Lipinski definition) is 4. The van der Waals surface area contributed by atoms with Gasteiger partial charge in [-0.15, -0.1) is 0 Å². The lowest BCUT2D eigenvalue weighted by Crippen LogP contribution is -2.40. The number of rotatable bonds is 5. The van der Waals surface area contributed by atoms with E-state index in [9.17, 15) is 14.4 Å². The topological polar surface area (TPSA) is 99.3 Å². The lowest BCUT2D eigenvalue weighted by atomic mass is 10.2. The van der Waals surface area contributed by atoms with Gasteiger partial charge in [0, 0.05) is 24.3 Å². The fourth-order valence-corrected chi connectivity index (χ4v) is 1.68.